The molecule has 0 amide bonds. The molecule has 0 atom stereocenters. The van der Waals surface area contributed by atoms with Crippen molar-refractivity contribution in [3.05, 3.63) is 118 Å². The van der Waals surface area contributed by atoms with Crippen molar-refractivity contribution < 1.29 is 0 Å². The fraction of sp³-hybridized carbons (Fsp3) is 0.412. The van der Waals surface area contributed by atoms with Crippen LogP contribution in [-0.4, -0.2) is 42.8 Å². The van der Waals surface area contributed by atoms with Gasteiger partial charge in [0, 0.05) is 64.1 Å². The first-order chi connectivity index (χ1) is 19.6. The highest BCUT2D eigenvalue weighted by molar-refractivity contribution is 5.20. The Morgan fingerprint density at radius 1 is 0.425 bits per heavy atom. The maximum absolute atomic E-state index is 4.71. The number of pyridine rings is 4. The van der Waals surface area contributed by atoms with Gasteiger partial charge in [0.2, 0.25) is 0 Å². The molecule has 0 saturated carbocycles. The maximum Gasteiger partial charge on any atom is 0.0546 e. The van der Waals surface area contributed by atoms with Gasteiger partial charge in [0.1, 0.15) is 0 Å². The summed E-state index contributed by atoms with van der Waals surface area (Å²) in [4.78, 5) is 23.8. The summed E-state index contributed by atoms with van der Waals surface area (Å²) in [5.74, 6) is 0. The van der Waals surface area contributed by atoms with E-state index in [-0.39, 0.29) is 0 Å². The van der Waals surface area contributed by atoms with Crippen molar-refractivity contribution in [2.45, 2.75) is 79.6 Å². The molecule has 0 fully saturated rings. The summed E-state index contributed by atoms with van der Waals surface area (Å²) in [6, 6.07) is 17.4. The van der Waals surface area contributed by atoms with Crippen LogP contribution in [0.2, 0.25) is 0 Å². The molecule has 0 N–H and O–H groups in total. The minimum absolute atomic E-state index is 0.785. The Hall–Kier alpha value is -3.48. The van der Waals surface area contributed by atoms with Crippen LogP contribution in [0.25, 0.3) is 0 Å². The van der Waals surface area contributed by atoms with Crippen LogP contribution < -0.4 is 0 Å². The standard InChI is InChI=1S/C34H44N6/c1-5-27-9-13-35-31(19-27)23-39(24-32-20-28(6-2)10-14-36-32)17-18-40(25-33-21-29(7-3)11-15-37-33)26-34-22-30(8-4)12-16-38-34/h9-16,19-22H,5-8,17-18,23-26H2,1-4H3. The van der Waals surface area contributed by atoms with E-state index in [1.54, 1.807) is 0 Å². The first-order valence-corrected chi connectivity index (χ1v) is 14.8. The maximum atomic E-state index is 4.71. The van der Waals surface area contributed by atoms with Crippen LogP contribution in [0.3, 0.4) is 0 Å². The smallest absolute Gasteiger partial charge is 0.0546 e. The SMILES string of the molecule is CCc1ccnc(CN(CCN(Cc2cc(CC)ccn2)Cc2cc(CC)ccn2)Cc2cc(CC)ccn2)c1. The molecule has 4 aromatic heterocycles. The highest BCUT2D eigenvalue weighted by atomic mass is 15.2. The summed E-state index contributed by atoms with van der Waals surface area (Å²) in [5, 5.41) is 0. The number of aromatic nitrogens is 4. The van der Waals surface area contributed by atoms with Crippen LogP contribution >= 0.6 is 0 Å². The summed E-state index contributed by atoms with van der Waals surface area (Å²) < 4.78 is 0. The van der Waals surface area contributed by atoms with Gasteiger partial charge in [0.25, 0.3) is 0 Å². The summed E-state index contributed by atoms with van der Waals surface area (Å²) in [6.45, 7) is 13.7. The average molecular weight is 537 g/mol. The Kier molecular flexibility index (Phi) is 11.3. The van der Waals surface area contributed by atoms with Gasteiger partial charge >= 0.3 is 0 Å². The molecule has 0 unspecified atom stereocenters. The van der Waals surface area contributed by atoms with Gasteiger partial charge in [0.15, 0.2) is 0 Å². The highest BCUT2D eigenvalue weighted by Crippen LogP contribution is 2.14. The Morgan fingerprint density at radius 2 is 0.675 bits per heavy atom. The third-order valence-corrected chi connectivity index (χ3v) is 7.43. The number of rotatable bonds is 15. The zero-order chi connectivity index (χ0) is 28.2. The third-order valence-electron chi connectivity index (χ3n) is 7.43. The Morgan fingerprint density at radius 3 is 0.900 bits per heavy atom. The first kappa shape index (κ1) is 29.5. The molecule has 4 rings (SSSR count). The van der Waals surface area contributed by atoms with Crippen molar-refractivity contribution in [3.8, 4) is 0 Å². The third kappa shape index (κ3) is 9.04. The van der Waals surface area contributed by atoms with Crippen molar-refractivity contribution in [1.29, 1.82) is 0 Å². The zero-order valence-electron chi connectivity index (χ0n) is 24.7. The minimum atomic E-state index is 0.785. The van der Waals surface area contributed by atoms with Crippen LogP contribution in [0.15, 0.2) is 73.3 Å². The van der Waals surface area contributed by atoms with E-state index in [0.717, 1.165) is 87.7 Å². The Balaban J connectivity index is 1.56. The van der Waals surface area contributed by atoms with Crippen LogP contribution in [-0.2, 0) is 51.9 Å². The molecule has 4 aromatic rings. The van der Waals surface area contributed by atoms with Gasteiger partial charge in [-0.05, 0) is 96.5 Å². The number of nitrogens with zero attached hydrogens (tertiary/aromatic N) is 6. The number of aryl methyl sites for hydroxylation is 4. The van der Waals surface area contributed by atoms with Crippen molar-refractivity contribution in [3.63, 3.8) is 0 Å². The quantitative estimate of drug-likeness (QED) is 0.180. The van der Waals surface area contributed by atoms with E-state index in [2.05, 4.69) is 86.0 Å². The molecule has 6 heteroatoms. The lowest BCUT2D eigenvalue weighted by atomic mass is 10.1. The number of hydrogen-bond donors (Lipinski definition) is 0. The lowest BCUT2D eigenvalue weighted by Crippen LogP contribution is -2.35. The predicted octanol–water partition coefficient (Wildman–Crippen LogP) is 6.22. The van der Waals surface area contributed by atoms with Crippen LogP contribution in [0.4, 0.5) is 0 Å². The molecule has 4 heterocycles. The lowest BCUT2D eigenvalue weighted by Gasteiger charge is -2.27. The molecule has 0 spiro atoms. The van der Waals surface area contributed by atoms with Gasteiger partial charge in [-0.15, -0.1) is 0 Å². The Labute approximate surface area is 240 Å². The fourth-order valence-corrected chi connectivity index (χ4v) is 4.97. The van der Waals surface area contributed by atoms with Gasteiger partial charge in [-0.25, -0.2) is 0 Å². The van der Waals surface area contributed by atoms with E-state index in [1.807, 2.05) is 24.8 Å². The molecule has 0 aliphatic heterocycles. The zero-order valence-corrected chi connectivity index (χ0v) is 24.7. The summed E-state index contributed by atoms with van der Waals surface area (Å²) in [6.07, 6.45) is 11.8. The molecular weight excluding hydrogens is 492 g/mol. The van der Waals surface area contributed by atoms with E-state index in [9.17, 15) is 0 Å². The van der Waals surface area contributed by atoms with Gasteiger partial charge in [-0.1, -0.05) is 27.7 Å². The largest absolute Gasteiger partial charge is 0.290 e. The van der Waals surface area contributed by atoms with Crippen LogP contribution in [0.1, 0.15) is 72.7 Å². The minimum Gasteiger partial charge on any atom is -0.290 e. The van der Waals surface area contributed by atoms with Crippen molar-refractivity contribution in [2.75, 3.05) is 13.1 Å². The second kappa shape index (κ2) is 15.3. The van der Waals surface area contributed by atoms with E-state index in [4.69, 9.17) is 19.9 Å². The highest BCUT2D eigenvalue weighted by Gasteiger charge is 2.15. The van der Waals surface area contributed by atoms with Crippen LogP contribution in [0.5, 0.6) is 0 Å². The lowest BCUT2D eigenvalue weighted by molar-refractivity contribution is 0.178. The Bertz CT molecular complexity index is 1140. The van der Waals surface area contributed by atoms with Gasteiger partial charge in [-0.2, -0.15) is 0 Å². The van der Waals surface area contributed by atoms with Gasteiger partial charge in [0.05, 0.1) is 22.8 Å². The van der Waals surface area contributed by atoms with Gasteiger partial charge < -0.3 is 0 Å². The molecule has 0 aliphatic rings. The second-order valence-electron chi connectivity index (χ2n) is 10.5. The van der Waals surface area contributed by atoms with E-state index in [1.165, 1.54) is 22.3 Å². The molecule has 0 saturated heterocycles. The topological polar surface area (TPSA) is 58.0 Å². The summed E-state index contributed by atoms with van der Waals surface area (Å²) >= 11 is 0. The van der Waals surface area contributed by atoms with E-state index >= 15 is 0 Å². The second-order valence-corrected chi connectivity index (χ2v) is 10.5. The summed E-state index contributed by atoms with van der Waals surface area (Å²) in [7, 11) is 0. The molecule has 0 aliphatic carbocycles. The van der Waals surface area contributed by atoms with Crippen molar-refractivity contribution in [2.24, 2.45) is 0 Å². The number of hydrogen-bond acceptors (Lipinski definition) is 6. The normalized spacial score (nSPS) is 11.4. The van der Waals surface area contributed by atoms with E-state index in [0.29, 0.717) is 0 Å². The molecule has 210 valence electrons. The van der Waals surface area contributed by atoms with Crippen molar-refractivity contribution in [1.82, 2.24) is 29.7 Å². The molecule has 40 heavy (non-hydrogen) atoms. The molecule has 0 radical (unpaired) electrons. The fourth-order valence-electron chi connectivity index (χ4n) is 4.97. The van der Waals surface area contributed by atoms with Crippen LogP contribution in [0, 0.1) is 0 Å². The monoisotopic (exact) mass is 536 g/mol. The summed E-state index contributed by atoms with van der Waals surface area (Å²) in [5.41, 5.74) is 9.70. The molecule has 0 aromatic carbocycles. The molecule has 0 bridgehead atoms. The average Bonchev–Trinajstić information content (AvgIpc) is 3.00. The predicted molar refractivity (Wildman–Crippen MR) is 163 cm³/mol. The first-order valence-electron chi connectivity index (χ1n) is 14.8. The van der Waals surface area contributed by atoms with E-state index < -0.39 is 0 Å². The van der Waals surface area contributed by atoms with Crippen molar-refractivity contribution >= 4 is 0 Å². The molecule has 6 nitrogen and oxygen atoms in total. The molecular formula is C34H44N6. The van der Waals surface area contributed by atoms with Gasteiger partial charge in [-0.3, -0.25) is 29.7 Å².